The van der Waals surface area contributed by atoms with E-state index < -0.39 is 10.8 Å². The lowest BCUT2D eigenvalue weighted by Gasteiger charge is -2.37. The summed E-state index contributed by atoms with van der Waals surface area (Å²) in [4.78, 5) is 2.56. The Balaban J connectivity index is 1.79. The lowest BCUT2D eigenvalue weighted by molar-refractivity contribution is 0.141. The summed E-state index contributed by atoms with van der Waals surface area (Å²) in [5.41, 5.74) is 0. The maximum atomic E-state index is 11.4. The highest BCUT2D eigenvalue weighted by atomic mass is 32.2. The molecule has 2 atom stereocenters. The quantitative estimate of drug-likeness (QED) is 0.775. The third kappa shape index (κ3) is 3.78. The zero-order chi connectivity index (χ0) is 12.3. The van der Waals surface area contributed by atoms with E-state index in [2.05, 4.69) is 18.9 Å². The zero-order valence-electron chi connectivity index (χ0n) is 11.4. The monoisotopic (exact) mass is 257 g/mol. The molecule has 1 saturated heterocycles. The van der Waals surface area contributed by atoms with Crippen molar-refractivity contribution >= 4 is 10.8 Å². The Morgan fingerprint density at radius 3 is 2.41 bits per heavy atom. The maximum Gasteiger partial charge on any atom is 0.0249 e. The van der Waals surface area contributed by atoms with Crippen LogP contribution in [0, 0.1) is 11.8 Å². The first kappa shape index (κ1) is 13.5. The highest BCUT2D eigenvalue weighted by Crippen LogP contribution is 2.30. The topological polar surface area (TPSA) is 20.3 Å². The molecule has 1 heterocycles. The van der Waals surface area contributed by atoms with Gasteiger partial charge < -0.3 is 4.90 Å². The maximum absolute atomic E-state index is 11.4. The van der Waals surface area contributed by atoms with Crippen LogP contribution in [0.4, 0.5) is 0 Å². The van der Waals surface area contributed by atoms with E-state index in [-0.39, 0.29) is 0 Å². The molecular weight excluding hydrogens is 230 g/mol. The van der Waals surface area contributed by atoms with Crippen LogP contribution in [0.2, 0.25) is 0 Å². The molecule has 0 bridgehead atoms. The SMILES string of the molecule is C[C@H]1CCCC[C@H]1CN(C)C1CCS(=O)CC1. The summed E-state index contributed by atoms with van der Waals surface area (Å²) in [6.07, 6.45) is 7.99. The van der Waals surface area contributed by atoms with Gasteiger partial charge in [-0.05, 0) is 38.1 Å². The summed E-state index contributed by atoms with van der Waals surface area (Å²) < 4.78 is 11.4. The molecule has 2 fully saturated rings. The molecule has 1 saturated carbocycles. The van der Waals surface area contributed by atoms with Crippen LogP contribution < -0.4 is 0 Å². The van der Waals surface area contributed by atoms with Crippen molar-refractivity contribution in [2.24, 2.45) is 11.8 Å². The molecule has 0 amide bonds. The van der Waals surface area contributed by atoms with Gasteiger partial charge in [0.2, 0.25) is 0 Å². The van der Waals surface area contributed by atoms with Crippen LogP contribution in [0.25, 0.3) is 0 Å². The van der Waals surface area contributed by atoms with E-state index in [0.29, 0.717) is 6.04 Å². The van der Waals surface area contributed by atoms with E-state index in [1.165, 1.54) is 32.2 Å². The Hall–Kier alpha value is 0.110. The molecule has 0 radical (unpaired) electrons. The van der Waals surface area contributed by atoms with Gasteiger partial charge in [-0.15, -0.1) is 0 Å². The summed E-state index contributed by atoms with van der Waals surface area (Å²) in [6, 6.07) is 0.696. The standard InChI is InChI=1S/C14H27NOS/c1-12-5-3-4-6-13(12)11-15(2)14-7-9-17(16)10-8-14/h12-14H,3-11H2,1-2H3/t12-,13-,14?,17?/m0/s1. The Morgan fingerprint density at radius 2 is 1.76 bits per heavy atom. The fourth-order valence-corrected chi connectivity index (χ4v) is 4.68. The molecule has 2 nitrogen and oxygen atoms in total. The molecule has 1 aliphatic heterocycles. The van der Waals surface area contributed by atoms with Gasteiger partial charge in [0.05, 0.1) is 0 Å². The molecule has 2 rings (SSSR count). The normalized spacial score (nSPS) is 39.5. The smallest absolute Gasteiger partial charge is 0.0249 e. The number of hydrogen-bond acceptors (Lipinski definition) is 2. The largest absolute Gasteiger partial charge is 0.303 e. The van der Waals surface area contributed by atoms with Crippen molar-refractivity contribution < 1.29 is 4.21 Å². The number of rotatable bonds is 3. The third-order valence-electron chi connectivity index (χ3n) is 4.79. The first-order valence-electron chi connectivity index (χ1n) is 7.22. The average molecular weight is 257 g/mol. The van der Waals surface area contributed by atoms with Gasteiger partial charge in [0.1, 0.15) is 0 Å². The molecular formula is C14H27NOS. The summed E-state index contributed by atoms with van der Waals surface area (Å²) in [5, 5.41) is 0. The van der Waals surface area contributed by atoms with E-state index in [4.69, 9.17) is 0 Å². The summed E-state index contributed by atoms with van der Waals surface area (Å²) in [5.74, 6) is 3.66. The van der Waals surface area contributed by atoms with E-state index in [0.717, 1.165) is 36.2 Å². The minimum Gasteiger partial charge on any atom is -0.303 e. The lowest BCUT2D eigenvalue weighted by Crippen LogP contribution is -2.41. The first-order valence-corrected chi connectivity index (χ1v) is 8.71. The van der Waals surface area contributed by atoms with E-state index in [1.807, 2.05) is 0 Å². The van der Waals surface area contributed by atoms with Crippen LogP contribution >= 0.6 is 0 Å². The van der Waals surface area contributed by atoms with Gasteiger partial charge in [0, 0.05) is 34.9 Å². The van der Waals surface area contributed by atoms with E-state index in [9.17, 15) is 4.21 Å². The summed E-state index contributed by atoms with van der Waals surface area (Å²) in [6.45, 7) is 3.69. The number of hydrogen-bond donors (Lipinski definition) is 0. The van der Waals surface area contributed by atoms with Crippen LogP contribution in [-0.2, 0) is 10.8 Å². The molecule has 0 aromatic heterocycles. The molecule has 0 aromatic rings. The van der Waals surface area contributed by atoms with Gasteiger partial charge >= 0.3 is 0 Å². The second-order valence-electron chi connectivity index (χ2n) is 6.04. The Kier molecular flexibility index (Phi) is 5.04. The predicted octanol–water partition coefficient (Wildman–Crippen LogP) is 2.66. The van der Waals surface area contributed by atoms with E-state index in [1.54, 1.807) is 0 Å². The molecule has 100 valence electrons. The van der Waals surface area contributed by atoms with Crippen molar-refractivity contribution in [3.63, 3.8) is 0 Å². The second kappa shape index (κ2) is 6.33. The van der Waals surface area contributed by atoms with Crippen molar-refractivity contribution in [2.45, 2.75) is 51.5 Å². The highest BCUT2D eigenvalue weighted by molar-refractivity contribution is 7.85. The van der Waals surface area contributed by atoms with Gasteiger partial charge in [-0.1, -0.05) is 26.2 Å². The fraction of sp³-hybridized carbons (Fsp3) is 1.00. The number of nitrogens with zero attached hydrogens (tertiary/aromatic N) is 1. The van der Waals surface area contributed by atoms with Crippen LogP contribution in [0.15, 0.2) is 0 Å². The van der Waals surface area contributed by atoms with Gasteiger partial charge in [0.25, 0.3) is 0 Å². The molecule has 1 aliphatic carbocycles. The van der Waals surface area contributed by atoms with Gasteiger partial charge in [0.15, 0.2) is 0 Å². The molecule has 0 unspecified atom stereocenters. The van der Waals surface area contributed by atoms with Crippen LogP contribution in [0.3, 0.4) is 0 Å². The van der Waals surface area contributed by atoms with Crippen molar-refractivity contribution in [3.05, 3.63) is 0 Å². The minimum absolute atomic E-state index is 0.518. The second-order valence-corrected chi connectivity index (χ2v) is 7.74. The van der Waals surface area contributed by atoms with Crippen molar-refractivity contribution in [1.29, 1.82) is 0 Å². The van der Waals surface area contributed by atoms with Gasteiger partial charge in [-0.25, -0.2) is 0 Å². The van der Waals surface area contributed by atoms with Crippen molar-refractivity contribution in [2.75, 3.05) is 25.1 Å². The fourth-order valence-electron chi connectivity index (χ4n) is 3.41. The van der Waals surface area contributed by atoms with E-state index >= 15 is 0 Å². The Bertz CT molecular complexity index is 259. The first-order chi connectivity index (χ1) is 8.16. The Labute approximate surface area is 109 Å². The zero-order valence-corrected chi connectivity index (χ0v) is 12.2. The summed E-state index contributed by atoms with van der Waals surface area (Å²) in [7, 11) is 1.76. The van der Waals surface area contributed by atoms with Crippen molar-refractivity contribution in [1.82, 2.24) is 4.90 Å². The Morgan fingerprint density at radius 1 is 1.12 bits per heavy atom. The summed E-state index contributed by atoms with van der Waals surface area (Å²) >= 11 is 0. The highest BCUT2D eigenvalue weighted by Gasteiger charge is 2.27. The molecule has 3 heteroatoms. The van der Waals surface area contributed by atoms with Crippen LogP contribution in [-0.4, -0.2) is 40.2 Å². The molecule has 0 spiro atoms. The average Bonchev–Trinajstić information content (AvgIpc) is 2.33. The van der Waals surface area contributed by atoms with Gasteiger partial charge in [-0.2, -0.15) is 0 Å². The third-order valence-corrected chi connectivity index (χ3v) is 6.17. The predicted molar refractivity (Wildman–Crippen MR) is 74.7 cm³/mol. The molecule has 2 aliphatic rings. The minimum atomic E-state index is -0.518. The molecule has 17 heavy (non-hydrogen) atoms. The molecule has 0 aromatic carbocycles. The van der Waals surface area contributed by atoms with Crippen LogP contribution in [0.1, 0.15) is 45.4 Å². The van der Waals surface area contributed by atoms with Gasteiger partial charge in [-0.3, -0.25) is 4.21 Å². The lowest BCUT2D eigenvalue weighted by atomic mass is 9.80. The van der Waals surface area contributed by atoms with Crippen LogP contribution in [0.5, 0.6) is 0 Å². The molecule has 0 N–H and O–H groups in total. The van der Waals surface area contributed by atoms with Crippen molar-refractivity contribution in [3.8, 4) is 0 Å².